The fraction of sp³-hybridized carbons (Fsp3) is 0.737. The lowest BCUT2D eigenvalue weighted by molar-refractivity contribution is 0.0890. The lowest BCUT2D eigenvalue weighted by Crippen LogP contribution is -2.52. The highest BCUT2D eigenvalue weighted by Gasteiger charge is 2.32. The van der Waals surface area contributed by atoms with Crippen LogP contribution in [0.25, 0.3) is 0 Å². The number of amides is 1. The van der Waals surface area contributed by atoms with Crippen molar-refractivity contribution in [1.29, 1.82) is 0 Å². The molecule has 1 saturated heterocycles. The fourth-order valence-corrected chi connectivity index (χ4v) is 5.51. The van der Waals surface area contributed by atoms with Crippen LogP contribution in [0.2, 0.25) is 0 Å². The average molecular weight is 399 g/mol. The van der Waals surface area contributed by atoms with Gasteiger partial charge in [-0.2, -0.15) is 4.31 Å². The van der Waals surface area contributed by atoms with Crippen LogP contribution in [-0.4, -0.2) is 48.4 Å². The quantitative estimate of drug-likeness (QED) is 0.733. The number of piperidine rings is 1. The van der Waals surface area contributed by atoms with Gasteiger partial charge in [-0.05, 0) is 44.1 Å². The van der Waals surface area contributed by atoms with Crippen molar-refractivity contribution in [2.45, 2.75) is 57.4 Å². The van der Waals surface area contributed by atoms with E-state index in [-0.39, 0.29) is 10.8 Å². The van der Waals surface area contributed by atoms with E-state index >= 15 is 0 Å². The van der Waals surface area contributed by atoms with Gasteiger partial charge in [-0.1, -0.05) is 20.8 Å². The number of sulfonamides is 1. The number of rotatable bonds is 7. The molecule has 1 aliphatic heterocycles. The monoisotopic (exact) mass is 398 g/mol. The van der Waals surface area contributed by atoms with Gasteiger partial charge in [0.1, 0.15) is 10.6 Å². The second-order valence-corrected chi connectivity index (χ2v) is 10.5. The molecule has 1 fully saturated rings. The van der Waals surface area contributed by atoms with Gasteiger partial charge in [-0.3, -0.25) is 4.79 Å². The second-order valence-electron chi connectivity index (χ2n) is 8.60. The van der Waals surface area contributed by atoms with Crippen LogP contribution in [0.15, 0.2) is 17.2 Å². The van der Waals surface area contributed by atoms with Crippen molar-refractivity contribution in [3.63, 3.8) is 0 Å². The number of carbonyl (C=O) groups excluding carboxylic acids is 1. The van der Waals surface area contributed by atoms with Gasteiger partial charge >= 0.3 is 0 Å². The predicted octanol–water partition coefficient (Wildman–Crippen LogP) is 1.94. The molecule has 1 amide bonds. The molecular formula is C19H34N4O3S. The summed E-state index contributed by atoms with van der Waals surface area (Å²) < 4.78 is 29.0. The van der Waals surface area contributed by atoms with E-state index in [0.29, 0.717) is 37.2 Å². The van der Waals surface area contributed by atoms with Crippen molar-refractivity contribution in [2.75, 3.05) is 19.6 Å². The maximum atomic E-state index is 13.0. The summed E-state index contributed by atoms with van der Waals surface area (Å²) >= 11 is 0. The third-order valence-electron chi connectivity index (χ3n) is 5.19. The fourth-order valence-electron chi connectivity index (χ4n) is 3.84. The van der Waals surface area contributed by atoms with Crippen LogP contribution in [0.5, 0.6) is 0 Å². The second kappa shape index (κ2) is 8.32. The normalized spacial score (nSPS) is 21.2. The van der Waals surface area contributed by atoms with Crippen LogP contribution < -0.4 is 11.1 Å². The molecule has 1 aromatic heterocycles. The summed E-state index contributed by atoms with van der Waals surface area (Å²) in [6.07, 6.45) is 4.18. The standard InChI is InChI=1S/C19H34N4O3S/c1-14(2)10-19(4,13-20)21-18(24)17-9-16(12-22(17)5)27(25,26)23-8-6-7-15(3)11-23/h9,12,14-15H,6-8,10-11,13,20H2,1-5H3,(H,21,24). The molecule has 2 rings (SSSR count). The molecule has 1 aliphatic rings. The Hall–Kier alpha value is -1.38. The number of hydrogen-bond donors (Lipinski definition) is 2. The summed E-state index contributed by atoms with van der Waals surface area (Å²) in [4.78, 5) is 13.0. The minimum atomic E-state index is -3.59. The van der Waals surface area contributed by atoms with E-state index < -0.39 is 15.6 Å². The van der Waals surface area contributed by atoms with Crippen molar-refractivity contribution in [3.05, 3.63) is 18.0 Å². The van der Waals surface area contributed by atoms with Crippen LogP contribution in [0.1, 0.15) is 57.4 Å². The maximum Gasteiger partial charge on any atom is 0.268 e. The zero-order chi connectivity index (χ0) is 20.4. The molecule has 0 saturated carbocycles. The third kappa shape index (κ3) is 5.12. The molecule has 7 nitrogen and oxygen atoms in total. The highest BCUT2D eigenvalue weighted by Crippen LogP contribution is 2.25. The summed E-state index contributed by atoms with van der Waals surface area (Å²) in [5.41, 5.74) is 5.67. The SMILES string of the molecule is CC(C)CC(C)(CN)NC(=O)c1cc(S(=O)(=O)N2CCCC(C)C2)cn1C. The largest absolute Gasteiger partial charge is 0.345 e. The van der Waals surface area contributed by atoms with Crippen molar-refractivity contribution in [1.82, 2.24) is 14.2 Å². The van der Waals surface area contributed by atoms with Crippen LogP contribution in [0, 0.1) is 11.8 Å². The Balaban J connectivity index is 2.23. The Morgan fingerprint density at radius 1 is 1.44 bits per heavy atom. The summed E-state index contributed by atoms with van der Waals surface area (Å²) in [6, 6.07) is 1.47. The van der Waals surface area contributed by atoms with Gasteiger partial charge in [-0.25, -0.2) is 8.42 Å². The lowest BCUT2D eigenvalue weighted by atomic mass is 9.90. The van der Waals surface area contributed by atoms with Crippen LogP contribution >= 0.6 is 0 Å². The number of nitrogens with zero attached hydrogens (tertiary/aromatic N) is 2. The van der Waals surface area contributed by atoms with E-state index in [2.05, 4.69) is 26.1 Å². The Labute approximate surface area is 163 Å². The van der Waals surface area contributed by atoms with E-state index in [9.17, 15) is 13.2 Å². The predicted molar refractivity (Wildman–Crippen MR) is 107 cm³/mol. The van der Waals surface area contributed by atoms with E-state index in [4.69, 9.17) is 5.73 Å². The minimum Gasteiger partial charge on any atom is -0.345 e. The van der Waals surface area contributed by atoms with E-state index in [1.807, 2.05) is 6.92 Å². The number of nitrogens with one attached hydrogen (secondary N) is 1. The molecule has 3 N–H and O–H groups in total. The summed E-state index contributed by atoms with van der Waals surface area (Å²) in [5, 5.41) is 2.99. The van der Waals surface area contributed by atoms with Gasteiger partial charge in [0.2, 0.25) is 10.0 Å². The van der Waals surface area contributed by atoms with Crippen LogP contribution in [-0.2, 0) is 17.1 Å². The Morgan fingerprint density at radius 2 is 2.11 bits per heavy atom. The first kappa shape index (κ1) is 21.9. The van der Waals surface area contributed by atoms with Gasteiger partial charge in [0, 0.05) is 32.9 Å². The molecule has 2 unspecified atom stereocenters. The first-order chi connectivity index (χ1) is 12.5. The Kier molecular flexibility index (Phi) is 6.76. The minimum absolute atomic E-state index is 0.169. The molecule has 0 aliphatic carbocycles. The van der Waals surface area contributed by atoms with E-state index in [1.165, 1.54) is 16.6 Å². The number of aryl methyl sites for hydroxylation is 1. The number of hydrogen-bond acceptors (Lipinski definition) is 4. The Bertz CT molecular complexity index is 772. The maximum absolute atomic E-state index is 13.0. The number of carbonyl (C=O) groups is 1. The molecule has 0 radical (unpaired) electrons. The van der Waals surface area contributed by atoms with Crippen molar-refractivity contribution >= 4 is 15.9 Å². The average Bonchev–Trinajstić information content (AvgIpc) is 2.97. The number of aromatic nitrogens is 1. The topological polar surface area (TPSA) is 97.4 Å². The van der Waals surface area contributed by atoms with Crippen molar-refractivity contribution < 1.29 is 13.2 Å². The smallest absolute Gasteiger partial charge is 0.268 e. The molecule has 8 heteroatoms. The summed E-state index contributed by atoms with van der Waals surface area (Å²) in [7, 11) is -1.90. The first-order valence-corrected chi connectivity index (χ1v) is 11.1. The molecule has 1 aromatic rings. The van der Waals surface area contributed by atoms with Crippen LogP contribution in [0.3, 0.4) is 0 Å². The molecule has 2 heterocycles. The molecule has 0 aromatic carbocycles. The highest BCUT2D eigenvalue weighted by molar-refractivity contribution is 7.89. The lowest BCUT2D eigenvalue weighted by Gasteiger charge is -2.31. The number of nitrogens with two attached hydrogens (primary N) is 1. The summed E-state index contributed by atoms with van der Waals surface area (Å²) in [6.45, 7) is 9.51. The molecule has 27 heavy (non-hydrogen) atoms. The molecule has 0 bridgehead atoms. The zero-order valence-electron chi connectivity index (χ0n) is 17.2. The van der Waals surface area contributed by atoms with E-state index in [0.717, 1.165) is 19.3 Å². The van der Waals surface area contributed by atoms with Gasteiger partial charge in [0.25, 0.3) is 5.91 Å². The molecule has 2 atom stereocenters. The van der Waals surface area contributed by atoms with Crippen LogP contribution in [0.4, 0.5) is 0 Å². The summed E-state index contributed by atoms with van der Waals surface area (Å²) in [5.74, 6) is 0.421. The van der Waals surface area contributed by atoms with Gasteiger partial charge in [-0.15, -0.1) is 0 Å². The van der Waals surface area contributed by atoms with Crippen molar-refractivity contribution in [3.8, 4) is 0 Å². The van der Waals surface area contributed by atoms with Gasteiger partial charge in [0.15, 0.2) is 0 Å². The first-order valence-electron chi connectivity index (χ1n) is 9.67. The van der Waals surface area contributed by atoms with Gasteiger partial charge in [0.05, 0.1) is 5.54 Å². The van der Waals surface area contributed by atoms with Crippen molar-refractivity contribution in [2.24, 2.45) is 24.6 Å². The van der Waals surface area contributed by atoms with E-state index in [1.54, 1.807) is 11.6 Å². The zero-order valence-corrected chi connectivity index (χ0v) is 18.0. The molecule has 0 spiro atoms. The highest BCUT2D eigenvalue weighted by atomic mass is 32.2. The molecule has 154 valence electrons. The van der Waals surface area contributed by atoms with Gasteiger partial charge < -0.3 is 15.6 Å². The Morgan fingerprint density at radius 3 is 2.67 bits per heavy atom. The molecular weight excluding hydrogens is 364 g/mol. The third-order valence-corrected chi connectivity index (χ3v) is 7.03.